The minimum atomic E-state index is 0. The monoisotopic (exact) mass is 361 g/mol. The predicted octanol–water partition coefficient (Wildman–Crippen LogP) is 2.85. The van der Waals surface area contributed by atoms with Crippen molar-refractivity contribution in [1.82, 2.24) is 4.98 Å². The fraction of sp³-hybridized carbons (Fsp3) is 0.0833. The number of hydrogen-bond donors (Lipinski definition) is 0. The molecular formula is C12H10IrN-. The van der Waals surface area contributed by atoms with Crippen LogP contribution >= 0.6 is 0 Å². The Morgan fingerprint density at radius 3 is 2.71 bits per heavy atom. The van der Waals surface area contributed by atoms with Gasteiger partial charge in [0.05, 0.1) is 0 Å². The molecule has 0 saturated carbocycles. The standard InChI is InChI=1S/C12H10N.Ir/c1-10-5-4-6-11(9-10)12-7-2-3-8-13-12;/h2-5,7-9H,1H3;/q-1;. The van der Waals surface area contributed by atoms with Gasteiger partial charge in [0.1, 0.15) is 0 Å². The molecule has 0 bridgehead atoms. The quantitative estimate of drug-likeness (QED) is 0.713. The molecule has 2 rings (SSSR count). The van der Waals surface area contributed by atoms with Gasteiger partial charge in [-0.15, -0.1) is 35.4 Å². The summed E-state index contributed by atoms with van der Waals surface area (Å²) in [4.78, 5) is 4.26. The van der Waals surface area contributed by atoms with Crippen LogP contribution in [0.4, 0.5) is 0 Å². The zero-order chi connectivity index (χ0) is 9.10. The Morgan fingerprint density at radius 1 is 1.21 bits per heavy atom. The molecule has 2 heteroatoms. The molecule has 1 aromatic carbocycles. The summed E-state index contributed by atoms with van der Waals surface area (Å²) >= 11 is 0. The Hall–Kier alpha value is -0.981. The number of hydrogen-bond acceptors (Lipinski definition) is 1. The molecule has 2 aromatic rings. The van der Waals surface area contributed by atoms with Gasteiger partial charge in [-0.25, -0.2) is 0 Å². The van der Waals surface area contributed by atoms with Crippen LogP contribution in [0.5, 0.6) is 0 Å². The van der Waals surface area contributed by atoms with E-state index in [0.29, 0.717) is 0 Å². The van der Waals surface area contributed by atoms with Crippen LogP contribution in [0, 0.1) is 13.0 Å². The number of aromatic nitrogens is 1. The molecule has 0 aliphatic rings. The molecule has 0 fully saturated rings. The van der Waals surface area contributed by atoms with Crippen molar-refractivity contribution in [3.05, 3.63) is 54.2 Å². The maximum atomic E-state index is 4.26. The molecule has 0 aliphatic carbocycles. The van der Waals surface area contributed by atoms with E-state index in [9.17, 15) is 0 Å². The fourth-order valence-corrected chi connectivity index (χ4v) is 1.25. The molecule has 1 nitrogen and oxygen atoms in total. The summed E-state index contributed by atoms with van der Waals surface area (Å²) in [5.74, 6) is 0. The molecule has 1 heterocycles. The minimum absolute atomic E-state index is 0. The van der Waals surface area contributed by atoms with Crippen molar-refractivity contribution in [2.75, 3.05) is 0 Å². The van der Waals surface area contributed by atoms with Crippen LogP contribution in [-0.4, -0.2) is 4.98 Å². The van der Waals surface area contributed by atoms with Gasteiger partial charge >= 0.3 is 0 Å². The van der Waals surface area contributed by atoms with E-state index >= 15 is 0 Å². The van der Waals surface area contributed by atoms with E-state index in [4.69, 9.17) is 0 Å². The summed E-state index contributed by atoms with van der Waals surface area (Å²) in [5, 5.41) is 0. The SMILES string of the molecule is Cc1cc[c-]c(-c2ccccn2)c1.[Ir]. The third-order valence-electron chi connectivity index (χ3n) is 1.90. The fourth-order valence-electron chi connectivity index (χ4n) is 1.25. The number of aryl methyl sites for hydroxylation is 1. The molecule has 1 aromatic heterocycles. The van der Waals surface area contributed by atoms with Gasteiger partial charge in [0.2, 0.25) is 0 Å². The molecule has 0 spiro atoms. The first-order valence-electron chi connectivity index (χ1n) is 4.26. The Labute approximate surface area is 97.6 Å². The third-order valence-corrected chi connectivity index (χ3v) is 1.90. The van der Waals surface area contributed by atoms with Crippen LogP contribution in [0.1, 0.15) is 5.56 Å². The first-order chi connectivity index (χ1) is 6.36. The van der Waals surface area contributed by atoms with Gasteiger partial charge < -0.3 is 4.98 Å². The molecule has 14 heavy (non-hydrogen) atoms. The van der Waals surface area contributed by atoms with Crippen LogP contribution in [0.15, 0.2) is 42.6 Å². The van der Waals surface area contributed by atoms with E-state index in [1.165, 1.54) is 5.56 Å². The van der Waals surface area contributed by atoms with Crippen molar-refractivity contribution in [3.8, 4) is 11.3 Å². The van der Waals surface area contributed by atoms with Crippen molar-refractivity contribution in [2.45, 2.75) is 6.92 Å². The second kappa shape index (κ2) is 5.04. The number of benzene rings is 1. The van der Waals surface area contributed by atoms with Gasteiger partial charge in [0.15, 0.2) is 0 Å². The Morgan fingerprint density at radius 2 is 2.07 bits per heavy atom. The van der Waals surface area contributed by atoms with Gasteiger partial charge in [-0.2, -0.15) is 0 Å². The first kappa shape index (κ1) is 11.1. The topological polar surface area (TPSA) is 12.9 Å². The predicted molar refractivity (Wildman–Crippen MR) is 53.2 cm³/mol. The summed E-state index contributed by atoms with van der Waals surface area (Å²) in [6.07, 6.45) is 1.80. The molecule has 0 N–H and O–H groups in total. The molecule has 73 valence electrons. The van der Waals surface area contributed by atoms with E-state index in [-0.39, 0.29) is 20.1 Å². The van der Waals surface area contributed by atoms with Crippen LogP contribution < -0.4 is 0 Å². The van der Waals surface area contributed by atoms with E-state index in [1.54, 1.807) is 6.20 Å². The van der Waals surface area contributed by atoms with Crippen molar-refractivity contribution in [1.29, 1.82) is 0 Å². The van der Waals surface area contributed by atoms with Gasteiger partial charge in [-0.3, -0.25) is 0 Å². The Bertz CT molecular complexity index is 398. The molecule has 0 atom stereocenters. The maximum absolute atomic E-state index is 4.26. The van der Waals surface area contributed by atoms with Crippen molar-refractivity contribution in [3.63, 3.8) is 0 Å². The summed E-state index contributed by atoms with van der Waals surface area (Å²) in [6, 6.07) is 15.1. The summed E-state index contributed by atoms with van der Waals surface area (Å²) in [6.45, 7) is 2.07. The van der Waals surface area contributed by atoms with Gasteiger partial charge in [0.25, 0.3) is 0 Å². The van der Waals surface area contributed by atoms with Crippen molar-refractivity contribution >= 4 is 0 Å². The average Bonchev–Trinajstić information content (AvgIpc) is 2.19. The molecule has 1 radical (unpaired) electrons. The number of pyridine rings is 1. The van der Waals surface area contributed by atoms with Crippen LogP contribution in [-0.2, 0) is 20.1 Å². The van der Waals surface area contributed by atoms with Crippen molar-refractivity contribution in [2.24, 2.45) is 0 Å². The van der Waals surface area contributed by atoms with E-state index in [1.807, 2.05) is 30.3 Å². The molecule has 0 unspecified atom stereocenters. The van der Waals surface area contributed by atoms with Gasteiger partial charge in [-0.1, -0.05) is 19.1 Å². The zero-order valence-corrected chi connectivity index (χ0v) is 10.2. The third kappa shape index (κ3) is 2.50. The maximum Gasteiger partial charge on any atom is 0.0160 e. The normalized spacial score (nSPS) is 9.21. The van der Waals surface area contributed by atoms with E-state index in [2.05, 4.69) is 24.0 Å². The minimum Gasteiger partial charge on any atom is -0.305 e. The largest absolute Gasteiger partial charge is 0.305 e. The summed E-state index contributed by atoms with van der Waals surface area (Å²) < 4.78 is 0. The van der Waals surface area contributed by atoms with Crippen LogP contribution in [0.25, 0.3) is 11.3 Å². The summed E-state index contributed by atoms with van der Waals surface area (Å²) in [5.41, 5.74) is 3.27. The van der Waals surface area contributed by atoms with Gasteiger partial charge in [0, 0.05) is 26.3 Å². The smallest absolute Gasteiger partial charge is 0.0160 e. The van der Waals surface area contributed by atoms with E-state index in [0.717, 1.165) is 11.3 Å². The molecule has 0 saturated heterocycles. The van der Waals surface area contributed by atoms with Crippen LogP contribution in [0.3, 0.4) is 0 Å². The second-order valence-corrected chi connectivity index (χ2v) is 2.99. The molecule has 0 aliphatic heterocycles. The number of rotatable bonds is 1. The Balaban J connectivity index is 0.000000980. The van der Waals surface area contributed by atoms with Crippen molar-refractivity contribution < 1.29 is 20.1 Å². The first-order valence-corrected chi connectivity index (χ1v) is 4.26. The van der Waals surface area contributed by atoms with E-state index < -0.39 is 0 Å². The second-order valence-electron chi connectivity index (χ2n) is 2.99. The number of nitrogens with zero attached hydrogens (tertiary/aromatic N) is 1. The average molecular weight is 360 g/mol. The molecular weight excluding hydrogens is 350 g/mol. The molecule has 0 amide bonds. The Kier molecular flexibility index (Phi) is 3.99. The summed E-state index contributed by atoms with van der Waals surface area (Å²) in [7, 11) is 0. The van der Waals surface area contributed by atoms with Crippen LogP contribution in [0.2, 0.25) is 0 Å². The zero-order valence-electron chi connectivity index (χ0n) is 7.82. The van der Waals surface area contributed by atoms with Gasteiger partial charge in [-0.05, 0) is 11.8 Å².